The van der Waals surface area contributed by atoms with E-state index in [1.54, 1.807) is 12.1 Å². The minimum Gasteiger partial charge on any atom is -0.491 e. The predicted molar refractivity (Wildman–Crippen MR) is 115 cm³/mol. The van der Waals surface area contributed by atoms with Crippen molar-refractivity contribution in [2.45, 2.75) is 46.9 Å². The van der Waals surface area contributed by atoms with Crippen LogP contribution in [0.25, 0.3) is 11.0 Å². The zero-order valence-corrected chi connectivity index (χ0v) is 17.8. The van der Waals surface area contributed by atoms with E-state index in [0.717, 1.165) is 34.7 Å². The van der Waals surface area contributed by atoms with Crippen LogP contribution in [0, 0.1) is 6.92 Å². The van der Waals surface area contributed by atoms with Crippen LogP contribution in [0.15, 0.2) is 42.5 Å². The summed E-state index contributed by atoms with van der Waals surface area (Å²) in [6.07, 6.45) is 0.0654. The van der Waals surface area contributed by atoms with Gasteiger partial charge in [0.2, 0.25) is 0 Å². The molecule has 7 nitrogen and oxygen atoms in total. The lowest BCUT2D eigenvalue weighted by molar-refractivity contribution is -0.137. The van der Waals surface area contributed by atoms with Crippen LogP contribution >= 0.6 is 0 Å². The number of carbonyl (C=O) groups excluding carboxylic acids is 1. The Morgan fingerprint density at radius 1 is 1.17 bits per heavy atom. The van der Waals surface area contributed by atoms with Gasteiger partial charge in [-0.2, -0.15) is 0 Å². The summed E-state index contributed by atoms with van der Waals surface area (Å²) in [5, 5.41) is 9.31. The number of aromatic nitrogens is 2. The van der Waals surface area contributed by atoms with Gasteiger partial charge in [-0.25, -0.2) is 4.98 Å². The van der Waals surface area contributed by atoms with Gasteiger partial charge < -0.3 is 19.3 Å². The van der Waals surface area contributed by atoms with Gasteiger partial charge in [0.15, 0.2) is 0 Å². The fourth-order valence-electron chi connectivity index (χ4n) is 3.49. The largest absolute Gasteiger partial charge is 0.491 e. The van der Waals surface area contributed by atoms with Gasteiger partial charge in [-0.05, 0) is 63.6 Å². The third kappa shape index (κ3) is 4.79. The molecule has 0 aliphatic carbocycles. The number of fused-ring (bicyclic) bond motifs is 1. The van der Waals surface area contributed by atoms with Crippen LogP contribution in [0.1, 0.15) is 42.5 Å². The van der Waals surface area contributed by atoms with Crippen LogP contribution in [0.3, 0.4) is 0 Å². The molecule has 0 aliphatic heterocycles. The summed E-state index contributed by atoms with van der Waals surface area (Å²) in [6, 6.07) is 12.7. The van der Waals surface area contributed by atoms with Crippen molar-refractivity contribution in [3.8, 4) is 5.75 Å². The second kappa shape index (κ2) is 8.98. The first-order valence-corrected chi connectivity index (χ1v) is 10.0. The first-order valence-electron chi connectivity index (χ1n) is 10.0. The van der Waals surface area contributed by atoms with E-state index in [-0.39, 0.29) is 25.1 Å². The lowest BCUT2D eigenvalue weighted by atomic mass is 10.1. The van der Waals surface area contributed by atoms with Gasteiger partial charge in [0.1, 0.15) is 18.1 Å². The molecule has 158 valence electrons. The fraction of sp³-hybridized carbons (Fsp3) is 0.348. The van der Waals surface area contributed by atoms with Crippen LogP contribution in [0.2, 0.25) is 0 Å². The molecular formula is C23H27N3O4. The van der Waals surface area contributed by atoms with Gasteiger partial charge >= 0.3 is 5.97 Å². The van der Waals surface area contributed by atoms with Crippen molar-refractivity contribution in [1.29, 1.82) is 0 Å². The Bertz CT molecular complexity index is 1050. The molecule has 0 atom stereocenters. The molecule has 30 heavy (non-hydrogen) atoms. The molecule has 0 saturated carbocycles. The van der Waals surface area contributed by atoms with E-state index < -0.39 is 5.97 Å². The zero-order chi connectivity index (χ0) is 21.8. The van der Waals surface area contributed by atoms with Crippen LogP contribution in [0.4, 0.5) is 0 Å². The highest BCUT2D eigenvalue weighted by molar-refractivity contribution is 5.98. The SMILES string of the molecule is CCn1c(C)nc2cc(C(=O)N(CC(=O)O)Cc3ccc(OC(C)C)cc3)ccc21. The van der Waals surface area contributed by atoms with Crippen LogP contribution < -0.4 is 4.74 Å². The Morgan fingerprint density at radius 2 is 1.87 bits per heavy atom. The average Bonchev–Trinajstić information content (AvgIpc) is 3.01. The number of hydrogen-bond donors (Lipinski definition) is 1. The summed E-state index contributed by atoms with van der Waals surface area (Å²) in [4.78, 5) is 30.3. The molecule has 1 heterocycles. The monoisotopic (exact) mass is 409 g/mol. The number of ether oxygens (including phenoxy) is 1. The van der Waals surface area contributed by atoms with Gasteiger partial charge in [0, 0.05) is 18.7 Å². The minimum absolute atomic E-state index is 0.0654. The lowest BCUT2D eigenvalue weighted by Gasteiger charge is -2.21. The van der Waals surface area contributed by atoms with Gasteiger partial charge in [-0.3, -0.25) is 9.59 Å². The Balaban J connectivity index is 1.85. The van der Waals surface area contributed by atoms with Crippen LogP contribution in [-0.2, 0) is 17.9 Å². The topological polar surface area (TPSA) is 84.7 Å². The molecule has 0 saturated heterocycles. The minimum atomic E-state index is -1.06. The molecule has 3 rings (SSSR count). The van der Waals surface area contributed by atoms with Crippen LogP contribution in [-0.4, -0.2) is 44.1 Å². The maximum Gasteiger partial charge on any atom is 0.323 e. The number of aryl methyl sites for hydroxylation is 2. The molecule has 7 heteroatoms. The molecule has 3 aromatic rings. The highest BCUT2D eigenvalue weighted by Crippen LogP contribution is 2.20. The number of rotatable bonds is 8. The first-order chi connectivity index (χ1) is 14.3. The van der Waals surface area contributed by atoms with E-state index in [1.807, 2.05) is 58.0 Å². The van der Waals surface area contributed by atoms with E-state index in [0.29, 0.717) is 5.56 Å². The lowest BCUT2D eigenvalue weighted by Crippen LogP contribution is -2.35. The highest BCUT2D eigenvalue weighted by atomic mass is 16.5. The number of aliphatic carboxylic acids is 1. The molecule has 1 N–H and O–H groups in total. The maximum atomic E-state index is 13.1. The smallest absolute Gasteiger partial charge is 0.323 e. The van der Waals surface area contributed by atoms with E-state index in [2.05, 4.69) is 9.55 Å². The third-order valence-electron chi connectivity index (χ3n) is 4.78. The number of carbonyl (C=O) groups is 2. The number of imidazole rings is 1. The van der Waals surface area contributed by atoms with Crippen molar-refractivity contribution in [3.05, 3.63) is 59.4 Å². The molecule has 0 aliphatic rings. The highest BCUT2D eigenvalue weighted by Gasteiger charge is 2.20. The standard InChI is InChI=1S/C23H27N3O4/c1-5-26-16(4)24-20-12-18(8-11-21(20)26)23(29)25(14-22(27)28)13-17-6-9-19(10-7-17)30-15(2)3/h6-12,15H,5,13-14H2,1-4H3,(H,27,28). The third-order valence-corrected chi connectivity index (χ3v) is 4.78. The van der Waals surface area contributed by atoms with Gasteiger partial charge in [0.05, 0.1) is 17.1 Å². The molecule has 0 unspecified atom stereocenters. The van der Waals surface area contributed by atoms with Crippen molar-refractivity contribution >= 4 is 22.9 Å². The van der Waals surface area contributed by atoms with Crippen molar-refractivity contribution in [3.63, 3.8) is 0 Å². The molecule has 1 aromatic heterocycles. The molecular weight excluding hydrogens is 382 g/mol. The van der Waals surface area contributed by atoms with E-state index >= 15 is 0 Å². The summed E-state index contributed by atoms with van der Waals surface area (Å²) in [5.74, 6) is 0.209. The Kier molecular flexibility index (Phi) is 6.40. The van der Waals surface area contributed by atoms with Crippen molar-refractivity contribution < 1.29 is 19.4 Å². The van der Waals surface area contributed by atoms with E-state index in [9.17, 15) is 14.7 Å². The second-order valence-corrected chi connectivity index (χ2v) is 7.47. The first kappa shape index (κ1) is 21.4. The second-order valence-electron chi connectivity index (χ2n) is 7.47. The van der Waals surface area contributed by atoms with E-state index in [4.69, 9.17) is 4.74 Å². The number of benzene rings is 2. The molecule has 0 bridgehead atoms. The Hall–Kier alpha value is -3.35. The van der Waals surface area contributed by atoms with E-state index in [1.165, 1.54) is 4.90 Å². The molecule has 2 aromatic carbocycles. The summed E-state index contributed by atoms with van der Waals surface area (Å²) in [5.41, 5.74) is 2.93. The number of hydrogen-bond acceptors (Lipinski definition) is 4. The van der Waals surface area contributed by atoms with Crippen molar-refractivity contribution in [2.75, 3.05) is 6.54 Å². The zero-order valence-electron chi connectivity index (χ0n) is 17.8. The number of carboxylic acid groups (broad SMARTS) is 1. The summed E-state index contributed by atoms with van der Waals surface area (Å²) >= 11 is 0. The number of nitrogens with zero attached hydrogens (tertiary/aromatic N) is 3. The summed E-state index contributed by atoms with van der Waals surface area (Å²) < 4.78 is 7.70. The maximum absolute atomic E-state index is 13.1. The molecule has 0 fully saturated rings. The Labute approximate surface area is 175 Å². The summed E-state index contributed by atoms with van der Waals surface area (Å²) in [7, 11) is 0. The Morgan fingerprint density at radius 3 is 2.47 bits per heavy atom. The number of carboxylic acids is 1. The van der Waals surface area contributed by atoms with Crippen molar-refractivity contribution in [1.82, 2.24) is 14.5 Å². The van der Waals surface area contributed by atoms with Gasteiger partial charge in [-0.15, -0.1) is 0 Å². The molecule has 0 radical (unpaired) electrons. The van der Waals surface area contributed by atoms with Crippen LogP contribution in [0.5, 0.6) is 5.75 Å². The quantitative estimate of drug-likeness (QED) is 0.610. The predicted octanol–water partition coefficient (Wildman–Crippen LogP) is 3.88. The number of amides is 1. The summed E-state index contributed by atoms with van der Waals surface area (Å²) in [6.45, 7) is 8.45. The van der Waals surface area contributed by atoms with Gasteiger partial charge in [0.25, 0.3) is 5.91 Å². The fourth-order valence-corrected chi connectivity index (χ4v) is 3.49. The average molecular weight is 409 g/mol. The molecule has 1 amide bonds. The van der Waals surface area contributed by atoms with Crippen molar-refractivity contribution in [2.24, 2.45) is 0 Å². The van der Waals surface area contributed by atoms with Gasteiger partial charge in [-0.1, -0.05) is 12.1 Å². The normalized spacial score (nSPS) is 11.1. The molecule has 0 spiro atoms.